The number of amides is 1. The van der Waals surface area contributed by atoms with Crippen LogP contribution in [0.5, 0.6) is 0 Å². The molecule has 1 aliphatic heterocycles. The van der Waals surface area contributed by atoms with Crippen molar-refractivity contribution in [1.29, 1.82) is 0 Å². The van der Waals surface area contributed by atoms with Gasteiger partial charge in [-0.3, -0.25) is 4.79 Å². The van der Waals surface area contributed by atoms with Crippen molar-refractivity contribution in [3.63, 3.8) is 0 Å². The van der Waals surface area contributed by atoms with Gasteiger partial charge in [0.15, 0.2) is 9.84 Å². The standard InChI is InChI=1S/C28H36N2O3S/c1-20(28(2,3)4)27(31)30-15-13-22(14-16-30)25-18-29(5)26-12-11-21(17-24(25)26)19-34(32,33)23-9-7-6-8-10-23/h6-12,17-18,20,22H,13-16,19H2,1-5H3/t20-/m0/s1. The highest BCUT2D eigenvalue weighted by atomic mass is 32.2. The van der Waals surface area contributed by atoms with Crippen LogP contribution in [0.4, 0.5) is 0 Å². The van der Waals surface area contributed by atoms with E-state index in [0.717, 1.165) is 42.4 Å². The number of aromatic nitrogens is 1. The smallest absolute Gasteiger partial charge is 0.225 e. The van der Waals surface area contributed by atoms with Gasteiger partial charge in [-0.25, -0.2) is 8.42 Å². The zero-order valence-electron chi connectivity index (χ0n) is 20.9. The first-order valence-electron chi connectivity index (χ1n) is 12.1. The molecule has 0 spiro atoms. The van der Waals surface area contributed by atoms with Crippen LogP contribution in [0.25, 0.3) is 10.9 Å². The maximum absolute atomic E-state index is 13.0. The number of hydrogen-bond acceptors (Lipinski definition) is 3. The molecule has 2 heterocycles. The largest absolute Gasteiger partial charge is 0.350 e. The highest BCUT2D eigenvalue weighted by Gasteiger charge is 2.33. The molecule has 1 fully saturated rings. The van der Waals surface area contributed by atoms with Gasteiger partial charge in [0.1, 0.15) is 0 Å². The molecular weight excluding hydrogens is 444 g/mol. The number of hydrogen-bond donors (Lipinski definition) is 0. The Bertz CT molecular complexity index is 1280. The van der Waals surface area contributed by atoms with E-state index in [1.807, 2.05) is 43.1 Å². The lowest BCUT2D eigenvalue weighted by Gasteiger charge is -2.36. The number of carbonyl (C=O) groups excluding carboxylic acids is 1. The van der Waals surface area contributed by atoms with E-state index in [2.05, 4.69) is 31.5 Å². The minimum atomic E-state index is -3.40. The van der Waals surface area contributed by atoms with E-state index in [-0.39, 0.29) is 23.0 Å². The Morgan fingerprint density at radius 1 is 1.06 bits per heavy atom. The molecule has 0 N–H and O–H groups in total. The van der Waals surface area contributed by atoms with Gasteiger partial charge in [0, 0.05) is 43.2 Å². The first kappa shape index (κ1) is 24.5. The summed E-state index contributed by atoms with van der Waals surface area (Å²) in [6.45, 7) is 9.92. The number of likely N-dealkylation sites (tertiary alicyclic amines) is 1. The van der Waals surface area contributed by atoms with Crippen LogP contribution in [-0.2, 0) is 27.4 Å². The molecule has 1 atom stereocenters. The van der Waals surface area contributed by atoms with Crippen LogP contribution in [0.1, 0.15) is 57.6 Å². The average Bonchev–Trinajstić information content (AvgIpc) is 3.13. The molecule has 0 bridgehead atoms. The molecule has 0 radical (unpaired) electrons. The summed E-state index contributed by atoms with van der Waals surface area (Å²) in [6, 6.07) is 14.6. The van der Waals surface area contributed by atoms with Gasteiger partial charge >= 0.3 is 0 Å². The Balaban J connectivity index is 1.55. The predicted octanol–water partition coefficient (Wildman–Crippen LogP) is 5.54. The maximum Gasteiger partial charge on any atom is 0.225 e. The number of piperidine rings is 1. The molecule has 1 saturated heterocycles. The quantitative estimate of drug-likeness (QED) is 0.482. The van der Waals surface area contributed by atoms with E-state index in [0.29, 0.717) is 10.8 Å². The van der Waals surface area contributed by atoms with Crippen molar-refractivity contribution < 1.29 is 13.2 Å². The number of carbonyl (C=O) groups is 1. The van der Waals surface area contributed by atoms with Gasteiger partial charge in [-0.2, -0.15) is 0 Å². The van der Waals surface area contributed by atoms with E-state index in [4.69, 9.17) is 0 Å². The van der Waals surface area contributed by atoms with E-state index >= 15 is 0 Å². The van der Waals surface area contributed by atoms with E-state index in [9.17, 15) is 13.2 Å². The fraction of sp³-hybridized carbons (Fsp3) is 0.464. The van der Waals surface area contributed by atoms with Gasteiger partial charge in [0.25, 0.3) is 0 Å². The molecule has 0 aliphatic carbocycles. The highest BCUT2D eigenvalue weighted by molar-refractivity contribution is 7.90. The summed E-state index contributed by atoms with van der Waals surface area (Å²) in [5.74, 6) is 0.588. The summed E-state index contributed by atoms with van der Waals surface area (Å²) in [5.41, 5.74) is 3.12. The molecule has 1 amide bonds. The van der Waals surface area contributed by atoms with Crippen LogP contribution in [0.2, 0.25) is 0 Å². The van der Waals surface area contributed by atoms with Gasteiger partial charge in [0.2, 0.25) is 5.91 Å². The number of aryl methyl sites for hydroxylation is 1. The maximum atomic E-state index is 13.0. The van der Waals surface area contributed by atoms with Crippen molar-refractivity contribution in [2.24, 2.45) is 18.4 Å². The zero-order chi connectivity index (χ0) is 24.7. The molecule has 5 nitrogen and oxygen atoms in total. The summed E-state index contributed by atoms with van der Waals surface area (Å²) in [4.78, 5) is 15.3. The number of sulfone groups is 1. The second-order valence-electron chi connectivity index (χ2n) is 10.8. The molecule has 0 unspecified atom stereocenters. The van der Waals surface area contributed by atoms with Crippen molar-refractivity contribution >= 4 is 26.6 Å². The average molecular weight is 481 g/mol. The summed E-state index contributed by atoms with van der Waals surface area (Å²) < 4.78 is 27.9. The van der Waals surface area contributed by atoms with E-state index in [1.165, 1.54) is 5.56 Å². The van der Waals surface area contributed by atoms with Crippen LogP contribution in [0, 0.1) is 11.3 Å². The first-order chi connectivity index (χ1) is 16.0. The van der Waals surface area contributed by atoms with Crippen LogP contribution < -0.4 is 0 Å². The number of benzene rings is 2. The van der Waals surface area contributed by atoms with Gasteiger partial charge in [0.05, 0.1) is 10.6 Å². The summed E-state index contributed by atoms with van der Waals surface area (Å²) in [7, 11) is -1.36. The molecule has 34 heavy (non-hydrogen) atoms. The van der Waals surface area contributed by atoms with Crippen LogP contribution in [-0.4, -0.2) is 36.9 Å². The second kappa shape index (κ2) is 9.21. The lowest BCUT2D eigenvalue weighted by molar-refractivity contribution is -0.139. The van der Waals surface area contributed by atoms with Crippen molar-refractivity contribution in [3.8, 4) is 0 Å². The Kier molecular flexibility index (Phi) is 6.65. The fourth-order valence-electron chi connectivity index (χ4n) is 4.87. The summed E-state index contributed by atoms with van der Waals surface area (Å²) >= 11 is 0. The molecule has 6 heteroatoms. The van der Waals surface area contributed by atoms with Crippen molar-refractivity contribution in [1.82, 2.24) is 9.47 Å². The molecule has 1 aromatic heterocycles. The number of nitrogens with zero attached hydrogens (tertiary/aromatic N) is 2. The molecule has 1 aliphatic rings. The third kappa shape index (κ3) is 4.92. The zero-order valence-corrected chi connectivity index (χ0v) is 21.7. The SMILES string of the molecule is C[C@@H](C(=O)N1CCC(c2cn(C)c3ccc(CS(=O)(=O)c4ccccc4)cc23)CC1)C(C)(C)C. The highest BCUT2D eigenvalue weighted by Crippen LogP contribution is 2.36. The Morgan fingerprint density at radius 3 is 2.32 bits per heavy atom. The van der Waals surface area contributed by atoms with Gasteiger partial charge in [-0.05, 0) is 59.6 Å². The van der Waals surface area contributed by atoms with Crippen LogP contribution in [0.15, 0.2) is 59.6 Å². The van der Waals surface area contributed by atoms with Crippen molar-refractivity contribution in [2.45, 2.75) is 57.1 Å². The minimum Gasteiger partial charge on any atom is -0.350 e. The number of fused-ring (bicyclic) bond motifs is 1. The topological polar surface area (TPSA) is 59.4 Å². The lowest BCUT2D eigenvalue weighted by atomic mass is 9.80. The molecule has 182 valence electrons. The van der Waals surface area contributed by atoms with E-state index in [1.54, 1.807) is 24.3 Å². The molecule has 2 aromatic carbocycles. The lowest BCUT2D eigenvalue weighted by Crippen LogP contribution is -2.43. The Labute approximate surface area is 203 Å². The van der Waals surface area contributed by atoms with Gasteiger partial charge in [-0.15, -0.1) is 0 Å². The van der Waals surface area contributed by atoms with Crippen molar-refractivity contribution in [2.75, 3.05) is 13.1 Å². The fourth-order valence-corrected chi connectivity index (χ4v) is 6.23. The van der Waals surface area contributed by atoms with Crippen LogP contribution in [0.3, 0.4) is 0 Å². The third-order valence-corrected chi connectivity index (χ3v) is 9.16. The summed E-state index contributed by atoms with van der Waals surface area (Å²) in [6.07, 6.45) is 4.03. The Hall–Kier alpha value is -2.60. The first-order valence-corrected chi connectivity index (χ1v) is 13.8. The minimum absolute atomic E-state index is 0.00396. The van der Waals surface area contributed by atoms with Gasteiger partial charge < -0.3 is 9.47 Å². The molecule has 4 rings (SSSR count). The van der Waals surface area contributed by atoms with E-state index < -0.39 is 9.84 Å². The monoisotopic (exact) mass is 480 g/mol. The molecule has 0 saturated carbocycles. The van der Waals surface area contributed by atoms with Crippen molar-refractivity contribution in [3.05, 3.63) is 65.9 Å². The normalized spacial score (nSPS) is 16.7. The molecule has 3 aromatic rings. The molecular formula is C28H36N2O3S. The Morgan fingerprint density at radius 2 is 1.71 bits per heavy atom. The summed E-state index contributed by atoms with van der Waals surface area (Å²) in [5, 5.41) is 1.12. The predicted molar refractivity (Wildman–Crippen MR) is 137 cm³/mol. The number of rotatable bonds is 5. The van der Waals surface area contributed by atoms with Gasteiger partial charge in [-0.1, -0.05) is 52.0 Å². The second-order valence-corrected chi connectivity index (χ2v) is 12.8. The third-order valence-electron chi connectivity index (χ3n) is 7.46. The van der Waals surface area contributed by atoms with Crippen LogP contribution >= 0.6 is 0 Å².